The summed E-state index contributed by atoms with van der Waals surface area (Å²) in [5.74, 6) is 0.598. The van der Waals surface area contributed by atoms with Crippen LogP contribution in [0.5, 0.6) is 0 Å². The van der Waals surface area contributed by atoms with Gasteiger partial charge in [0.2, 0.25) is 5.91 Å². The first-order chi connectivity index (χ1) is 14.1. The number of amides is 1. The Kier molecular flexibility index (Phi) is 5.66. The van der Waals surface area contributed by atoms with Gasteiger partial charge in [-0.3, -0.25) is 4.79 Å². The highest BCUT2D eigenvalue weighted by Gasteiger charge is 2.23. The van der Waals surface area contributed by atoms with Crippen LogP contribution >= 0.6 is 11.6 Å². The second-order valence-electron chi connectivity index (χ2n) is 6.95. The molecule has 0 bridgehead atoms. The standard InChI is InChI=1S/C19H21ClN8O/c1-14-23-25-27(24-14)13-16-12-17(20)4-2-15(16)3-5-19(29)26-10-6-18(7-11-26)28-21-8-9-22-28/h2-5,8-9,12,18H,6-7,10-11,13H2,1H3. The van der Waals surface area contributed by atoms with E-state index in [4.69, 9.17) is 11.6 Å². The lowest BCUT2D eigenvalue weighted by atomic mass is 10.0. The Balaban J connectivity index is 1.41. The molecule has 3 heterocycles. The number of piperidine rings is 1. The molecule has 3 aromatic rings. The third kappa shape index (κ3) is 4.68. The van der Waals surface area contributed by atoms with Crippen molar-refractivity contribution in [3.05, 3.63) is 58.6 Å². The van der Waals surface area contributed by atoms with Crippen molar-refractivity contribution in [2.45, 2.75) is 32.4 Å². The predicted molar refractivity (Wildman–Crippen MR) is 107 cm³/mol. The van der Waals surface area contributed by atoms with Crippen molar-refractivity contribution in [3.63, 3.8) is 0 Å². The summed E-state index contributed by atoms with van der Waals surface area (Å²) in [5, 5.41) is 21.1. The summed E-state index contributed by atoms with van der Waals surface area (Å²) in [6.45, 7) is 3.58. The van der Waals surface area contributed by atoms with E-state index in [-0.39, 0.29) is 11.9 Å². The second kappa shape index (κ2) is 8.52. The first-order valence-electron chi connectivity index (χ1n) is 9.44. The Bertz CT molecular complexity index is 1010. The van der Waals surface area contributed by atoms with Gasteiger partial charge in [0.05, 0.1) is 25.0 Å². The van der Waals surface area contributed by atoms with Crippen LogP contribution in [-0.4, -0.2) is 59.1 Å². The number of carbonyl (C=O) groups excluding carboxylic acids is 1. The quantitative estimate of drug-likeness (QED) is 0.596. The summed E-state index contributed by atoms with van der Waals surface area (Å²) in [6.07, 6.45) is 8.48. The molecular weight excluding hydrogens is 392 g/mol. The van der Waals surface area contributed by atoms with Crippen molar-refractivity contribution in [1.29, 1.82) is 0 Å². The molecule has 0 unspecified atom stereocenters. The van der Waals surface area contributed by atoms with Crippen LogP contribution in [0, 0.1) is 6.92 Å². The Morgan fingerprint density at radius 1 is 1.24 bits per heavy atom. The summed E-state index contributed by atoms with van der Waals surface area (Å²) in [6, 6.07) is 5.80. The van der Waals surface area contributed by atoms with Crippen LogP contribution in [0.3, 0.4) is 0 Å². The summed E-state index contributed by atoms with van der Waals surface area (Å²) < 4.78 is 0. The molecule has 2 aromatic heterocycles. The molecule has 0 N–H and O–H groups in total. The molecule has 1 saturated heterocycles. The first-order valence-corrected chi connectivity index (χ1v) is 9.82. The van der Waals surface area contributed by atoms with Crippen molar-refractivity contribution in [1.82, 2.24) is 40.1 Å². The number of tetrazole rings is 1. The fourth-order valence-corrected chi connectivity index (χ4v) is 3.61. The minimum absolute atomic E-state index is 0.00694. The summed E-state index contributed by atoms with van der Waals surface area (Å²) in [5.41, 5.74) is 1.82. The van der Waals surface area contributed by atoms with Crippen LogP contribution in [0.1, 0.15) is 35.8 Å². The van der Waals surface area contributed by atoms with Gasteiger partial charge >= 0.3 is 0 Å². The smallest absolute Gasteiger partial charge is 0.246 e. The van der Waals surface area contributed by atoms with Crippen LogP contribution in [0.25, 0.3) is 6.08 Å². The fourth-order valence-electron chi connectivity index (χ4n) is 3.41. The normalized spacial score (nSPS) is 15.3. The Labute approximate surface area is 173 Å². The minimum atomic E-state index is -0.00694. The van der Waals surface area contributed by atoms with E-state index in [2.05, 4.69) is 25.6 Å². The third-order valence-corrected chi connectivity index (χ3v) is 5.15. The van der Waals surface area contributed by atoms with Crippen LogP contribution < -0.4 is 0 Å². The van der Waals surface area contributed by atoms with Crippen LogP contribution in [-0.2, 0) is 11.3 Å². The van der Waals surface area contributed by atoms with E-state index < -0.39 is 0 Å². The topological polar surface area (TPSA) is 94.6 Å². The molecule has 150 valence electrons. The number of likely N-dealkylation sites (tertiary alicyclic amines) is 1. The fraction of sp³-hybridized carbons (Fsp3) is 0.368. The number of rotatable bonds is 5. The number of nitrogens with zero attached hydrogens (tertiary/aromatic N) is 8. The number of benzene rings is 1. The Morgan fingerprint density at radius 3 is 2.69 bits per heavy atom. The zero-order valence-electron chi connectivity index (χ0n) is 16.0. The number of carbonyl (C=O) groups is 1. The average molecular weight is 413 g/mol. The van der Waals surface area contributed by atoms with Crippen LogP contribution in [0.2, 0.25) is 5.02 Å². The largest absolute Gasteiger partial charge is 0.339 e. The molecule has 29 heavy (non-hydrogen) atoms. The molecule has 0 atom stereocenters. The predicted octanol–water partition coefficient (Wildman–Crippen LogP) is 2.15. The second-order valence-corrected chi connectivity index (χ2v) is 7.39. The van der Waals surface area contributed by atoms with E-state index in [1.165, 1.54) is 4.80 Å². The molecule has 1 amide bonds. The zero-order chi connectivity index (χ0) is 20.2. The highest BCUT2D eigenvalue weighted by molar-refractivity contribution is 6.30. The maximum atomic E-state index is 12.6. The van der Waals surface area contributed by atoms with Crippen molar-refractivity contribution in [2.24, 2.45) is 0 Å². The van der Waals surface area contributed by atoms with Gasteiger partial charge < -0.3 is 4.90 Å². The van der Waals surface area contributed by atoms with E-state index in [1.807, 2.05) is 23.1 Å². The maximum Gasteiger partial charge on any atom is 0.246 e. The molecule has 0 aliphatic carbocycles. The van der Waals surface area contributed by atoms with E-state index in [1.54, 1.807) is 36.3 Å². The lowest BCUT2D eigenvalue weighted by molar-refractivity contribution is -0.127. The van der Waals surface area contributed by atoms with Gasteiger partial charge in [-0.15, -0.1) is 10.2 Å². The molecule has 1 aromatic carbocycles. The van der Waals surface area contributed by atoms with E-state index in [9.17, 15) is 4.79 Å². The molecule has 0 radical (unpaired) electrons. The van der Waals surface area contributed by atoms with Gasteiger partial charge in [0.25, 0.3) is 0 Å². The van der Waals surface area contributed by atoms with E-state index in [0.29, 0.717) is 30.5 Å². The number of halogens is 1. The Morgan fingerprint density at radius 2 is 2.00 bits per heavy atom. The molecule has 1 fully saturated rings. The Hall–Kier alpha value is -3.07. The van der Waals surface area contributed by atoms with Crippen molar-refractivity contribution >= 4 is 23.6 Å². The molecule has 0 saturated carbocycles. The summed E-state index contributed by atoms with van der Waals surface area (Å²) >= 11 is 6.15. The van der Waals surface area contributed by atoms with Crippen molar-refractivity contribution < 1.29 is 4.79 Å². The number of hydrogen-bond donors (Lipinski definition) is 0. The van der Waals surface area contributed by atoms with Gasteiger partial charge in [-0.1, -0.05) is 17.7 Å². The molecular formula is C19H21ClN8O. The molecule has 10 heteroatoms. The lowest BCUT2D eigenvalue weighted by Crippen LogP contribution is -2.38. The van der Waals surface area contributed by atoms with Gasteiger partial charge in [0, 0.05) is 24.2 Å². The first kappa shape index (κ1) is 19.3. The van der Waals surface area contributed by atoms with Crippen molar-refractivity contribution in [3.8, 4) is 0 Å². The summed E-state index contributed by atoms with van der Waals surface area (Å²) in [7, 11) is 0. The van der Waals surface area contributed by atoms with Gasteiger partial charge in [0.15, 0.2) is 5.82 Å². The number of hydrogen-bond acceptors (Lipinski definition) is 6. The van der Waals surface area contributed by atoms with Gasteiger partial charge in [-0.25, -0.2) is 0 Å². The highest BCUT2D eigenvalue weighted by Crippen LogP contribution is 2.22. The molecule has 9 nitrogen and oxygen atoms in total. The van der Waals surface area contributed by atoms with Crippen LogP contribution in [0.15, 0.2) is 36.7 Å². The highest BCUT2D eigenvalue weighted by atomic mass is 35.5. The number of aromatic nitrogens is 7. The third-order valence-electron chi connectivity index (χ3n) is 4.91. The number of aryl methyl sites for hydroxylation is 1. The van der Waals surface area contributed by atoms with E-state index >= 15 is 0 Å². The maximum absolute atomic E-state index is 12.6. The van der Waals surface area contributed by atoms with Gasteiger partial charge in [-0.05, 0) is 54.3 Å². The lowest BCUT2D eigenvalue weighted by Gasteiger charge is -2.30. The molecule has 1 aliphatic rings. The molecule has 1 aliphatic heterocycles. The summed E-state index contributed by atoms with van der Waals surface area (Å²) in [4.78, 5) is 17.7. The van der Waals surface area contributed by atoms with Gasteiger partial charge in [-0.2, -0.15) is 19.8 Å². The average Bonchev–Trinajstić information content (AvgIpc) is 3.39. The molecule has 4 rings (SSSR count). The van der Waals surface area contributed by atoms with Crippen molar-refractivity contribution in [2.75, 3.05) is 13.1 Å². The minimum Gasteiger partial charge on any atom is -0.339 e. The zero-order valence-corrected chi connectivity index (χ0v) is 16.8. The van der Waals surface area contributed by atoms with Gasteiger partial charge in [0.1, 0.15) is 0 Å². The van der Waals surface area contributed by atoms with Crippen LogP contribution in [0.4, 0.5) is 0 Å². The monoisotopic (exact) mass is 412 g/mol. The van der Waals surface area contributed by atoms with E-state index in [0.717, 1.165) is 24.0 Å². The molecule has 0 spiro atoms. The SMILES string of the molecule is Cc1nnn(Cc2cc(Cl)ccc2C=CC(=O)N2CCC(n3nccn3)CC2)n1.